The summed E-state index contributed by atoms with van der Waals surface area (Å²) >= 11 is 0. The molecule has 1 heterocycles. The van der Waals surface area contributed by atoms with Crippen LogP contribution in [0.5, 0.6) is 0 Å². The Hall–Kier alpha value is -0.740. The summed E-state index contributed by atoms with van der Waals surface area (Å²) in [4.78, 5) is 0. The Bertz CT molecular complexity index is 284. The first-order valence-corrected chi connectivity index (χ1v) is 6.51. The molecule has 16 heavy (non-hydrogen) atoms. The van der Waals surface area contributed by atoms with Crippen molar-refractivity contribution in [1.82, 2.24) is 0 Å². The smallest absolute Gasteiger partial charge is 0.106 e. The molecule has 0 amide bonds. The number of epoxide rings is 1. The van der Waals surface area contributed by atoms with E-state index in [1.165, 1.54) is 25.7 Å². The Kier molecular flexibility index (Phi) is 5.09. The quantitative estimate of drug-likeness (QED) is 0.358. The Morgan fingerprint density at radius 2 is 2.12 bits per heavy atom. The van der Waals surface area contributed by atoms with Crippen molar-refractivity contribution in [1.29, 1.82) is 0 Å². The van der Waals surface area contributed by atoms with Crippen LogP contribution >= 0.6 is 0 Å². The maximum absolute atomic E-state index is 5.64. The van der Waals surface area contributed by atoms with E-state index in [1.807, 2.05) is 0 Å². The molecule has 0 aliphatic carbocycles. The van der Waals surface area contributed by atoms with Crippen molar-refractivity contribution < 1.29 is 4.74 Å². The summed E-state index contributed by atoms with van der Waals surface area (Å²) < 4.78 is 5.64. The molecule has 1 aliphatic heterocycles. The summed E-state index contributed by atoms with van der Waals surface area (Å²) in [6.45, 7) is 6.53. The van der Waals surface area contributed by atoms with Gasteiger partial charge in [0, 0.05) is 5.57 Å². The molecule has 0 bridgehead atoms. The molecule has 1 fully saturated rings. The fourth-order valence-corrected chi connectivity index (χ4v) is 1.88. The predicted molar refractivity (Wildman–Crippen MR) is 69.2 cm³/mol. The summed E-state index contributed by atoms with van der Waals surface area (Å²) in [7, 11) is 0. The summed E-state index contributed by atoms with van der Waals surface area (Å²) in [5, 5.41) is 0. The van der Waals surface area contributed by atoms with E-state index in [0.717, 1.165) is 18.4 Å². The van der Waals surface area contributed by atoms with Crippen LogP contribution in [0.25, 0.3) is 0 Å². The first-order valence-electron chi connectivity index (χ1n) is 6.51. The lowest BCUT2D eigenvalue weighted by atomic mass is 10.0. The molecule has 1 aliphatic rings. The topological polar surface area (TPSA) is 12.5 Å². The average Bonchev–Trinajstić information content (AvgIpc) is 2.94. The lowest BCUT2D eigenvalue weighted by Crippen LogP contribution is -2.05. The monoisotopic (exact) mass is 220 g/mol. The van der Waals surface area contributed by atoms with E-state index in [1.54, 1.807) is 0 Å². The molecular formula is C15H24O. The molecular weight excluding hydrogens is 196 g/mol. The number of ether oxygens (including phenoxy) is 1. The fraction of sp³-hybridized carbons (Fsp3) is 0.733. The summed E-state index contributed by atoms with van der Waals surface area (Å²) in [6, 6.07) is 0. The van der Waals surface area contributed by atoms with Gasteiger partial charge in [-0.25, -0.2) is 0 Å². The van der Waals surface area contributed by atoms with Gasteiger partial charge in [0.25, 0.3) is 0 Å². The lowest BCUT2D eigenvalue weighted by molar-refractivity contribution is 0.309. The molecule has 1 saturated heterocycles. The first-order chi connectivity index (χ1) is 7.66. The number of hydrogen-bond acceptors (Lipinski definition) is 1. The van der Waals surface area contributed by atoms with Gasteiger partial charge in [-0.1, -0.05) is 39.0 Å². The normalized spacial score (nSPS) is 28.9. The van der Waals surface area contributed by atoms with Gasteiger partial charge >= 0.3 is 0 Å². The molecule has 0 N–H and O–H groups in total. The zero-order chi connectivity index (χ0) is 12.0. The zero-order valence-electron chi connectivity index (χ0n) is 10.9. The second-order valence-electron chi connectivity index (χ2n) is 4.85. The zero-order valence-corrected chi connectivity index (χ0v) is 10.9. The van der Waals surface area contributed by atoms with Crippen molar-refractivity contribution in [2.24, 2.45) is 0 Å². The van der Waals surface area contributed by atoms with Gasteiger partial charge in [0.2, 0.25) is 0 Å². The van der Waals surface area contributed by atoms with E-state index in [2.05, 4.69) is 32.8 Å². The predicted octanol–water partition coefficient (Wildman–Crippen LogP) is 4.08. The highest BCUT2D eigenvalue weighted by Crippen LogP contribution is 2.40. The van der Waals surface area contributed by atoms with Crippen LogP contribution < -0.4 is 0 Å². The molecule has 1 rings (SSSR count). The summed E-state index contributed by atoms with van der Waals surface area (Å²) in [5.74, 6) is 2.79. The van der Waals surface area contributed by atoms with Gasteiger partial charge in [0.15, 0.2) is 0 Å². The van der Waals surface area contributed by atoms with Gasteiger partial charge in [-0.3, -0.25) is 0 Å². The van der Waals surface area contributed by atoms with Crippen LogP contribution in [0.4, 0.5) is 0 Å². The van der Waals surface area contributed by atoms with Crippen LogP contribution in [0, 0.1) is 12.3 Å². The largest absolute Gasteiger partial charge is 0.362 e. The highest BCUT2D eigenvalue weighted by atomic mass is 16.6. The molecule has 1 heteroatoms. The third-order valence-corrected chi connectivity index (χ3v) is 3.48. The van der Waals surface area contributed by atoms with Gasteiger partial charge < -0.3 is 4.74 Å². The molecule has 1 nitrogen and oxygen atoms in total. The van der Waals surface area contributed by atoms with Crippen LogP contribution in [0.3, 0.4) is 0 Å². The second-order valence-corrected chi connectivity index (χ2v) is 4.85. The Morgan fingerprint density at radius 1 is 1.38 bits per heavy atom. The van der Waals surface area contributed by atoms with E-state index in [-0.39, 0.29) is 11.7 Å². The Morgan fingerprint density at radius 3 is 2.62 bits per heavy atom. The van der Waals surface area contributed by atoms with Crippen LogP contribution in [0.1, 0.15) is 59.3 Å². The van der Waals surface area contributed by atoms with Gasteiger partial charge in [0.05, 0.1) is 5.60 Å². The molecule has 0 unspecified atom stereocenters. The minimum atomic E-state index is 0.0610. The first kappa shape index (κ1) is 13.3. The minimum absolute atomic E-state index is 0.0610. The number of rotatable bonds is 7. The Labute approximate surface area is 100 Å². The molecule has 0 aromatic rings. The molecule has 0 radical (unpaired) electrons. The van der Waals surface area contributed by atoms with Crippen molar-refractivity contribution >= 4 is 0 Å². The van der Waals surface area contributed by atoms with Gasteiger partial charge in [0.1, 0.15) is 6.10 Å². The molecule has 0 aromatic carbocycles. The van der Waals surface area contributed by atoms with Crippen molar-refractivity contribution in [3.05, 3.63) is 11.6 Å². The summed E-state index contributed by atoms with van der Waals surface area (Å²) in [5.41, 5.74) is 1.18. The lowest BCUT2D eigenvalue weighted by Gasteiger charge is -2.01. The van der Waals surface area contributed by atoms with Gasteiger partial charge in [-0.05, 0) is 32.3 Å². The third-order valence-electron chi connectivity index (χ3n) is 3.48. The highest BCUT2D eigenvalue weighted by Gasteiger charge is 2.49. The summed E-state index contributed by atoms with van der Waals surface area (Å²) in [6.07, 6.45) is 15.1. The molecule has 2 atom stereocenters. The minimum Gasteiger partial charge on any atom is -0.362 e. The Balaban J connectivity index is 2.33. The van der Waals surface area contributed by atoms with Gasteiger partial charge in [-0.15, -0.1) is 6.42 Å². The van der Waals surface area contributed by atoms with E-state index in [4.69, 9.17) is 11.2 Å². The highest BCUT2D eigenvalue weighted by molar-refractivity contribution is 5.29. The SMILES string of the molecule is C#C/C(=C\[C@@H]1O[C@@]1(C)CC)CCCCCC. The van der Waals surface area contributed by atoms with Crippen LogP contribution in [-0.2, 0) is 4.74 Å². The molecule has 0 spiro atoms. The average molecular weight is 220 g/mol. The number of terminal acetylenes is 1. The number of unbranched alkanes of at least 4 members (excludes halogenated alkanes) is 3. The van der Waals surface area contributed by atoms with Crippen LogP contribution in [-0.4, -0.2) is 11.7 Å². The van der Waals surface area contributed by atoms with E-state index in [0.29, 0.717) is 0 Å². The number of hydrogen-bond donors (Lipinski definition) is 0. The molecule has 90 valence electrons. The van der Waals surface area contributed by atoms with Crippen LogP contribution in [0.15, 0.2) is 11.6 Å². The van der Waals surface area contributed by atoms with Crippen molar-refractivity contribution in [2.45, 2.75) is 71.0 Å². The van der Waals surface area contributed by atoms with E-state index in [9.17, 15) is 0 Å². The fourth-order valence-electron chi connectivity index (χ4n) is 1.88. The molecule has 0 saturated carbocycles. The van der Waals surface area contributed by atoms with E-state index >= 15 is 0 Å². The van der Waals surface area contributed by atoms with E-state index < -0.39 is 0 Å². The molecule has 0 aromatic heterocycles. The van der Waals surface area contributed by atoms with Crippen molar-refractivity contribution in [3.8, 4) is 12.3 Å². The second kappa shape index (κ2) is 6.11. The van der Waals surface area contributed by atoms with Crippen molar-refractivity contribution in [2.75, 3.05) is 0 Å². The number of allylic oxidation sites excluding steroid dienone is 1. The standard InChI is InChI=1S/C15H24O/c1-5-8-9-10-11-13(6-2)12-14-15(4,7-3)16-14/h2,12,14H,5,7-11H2,1,3-4H3/b13-12+/t14-,15-/m0/s1. The maximum atomic E-state index is 5.64. The van der Waals surface area contributed by atoms with Crippen molar-refractivity contribution in [3.63, 3.8) is 0 Å². The maximum Gasteiger partial charge on any atom is 0.106 e. The van der Waals surface area contributed by atoms with Crippen LogP contribution in [0.2, 0.25) is 0 Å². The third kappa shape index (κ3) is 3.68. The van der Waals surface area contributed by atoms with Gasteiger partial charge in [-0.2, -0.15) is 0 Å².